The lowest BCUT2D eigenvalue weighted by Gasteiger charge is -2.17. The molecule has 1 aromatic carbocycles. The summed E-state index contributed by atoms with van der Waals surface area (Å²) < 4.78 is 11.0. The fraction of sp³-hybridized carbons (Fsp3) is 0.250. The number of carbonyl (C=O) groups is 2. The normalized spacial score (nSPS) is 16.1. The Morgan fingerprint density at radius 3 is 2.89 bits per heavy atom. The van der Waals surface area contributed by atoms with Gasteiger partial charge in [0.25, 0.3) is 11.8 Å². The summed E-state index contributed by atoms with van der Waals surface area (Å²) in [4.78, 5) is 31.8. The molecule has 1 aliphatic rings. The number of nitrogens with zero attached hydrogens (tertiary/aromatic N) is 1. The smallest absolute Gasteiger partial charge is 0.286 e. The molecular formula is C20H20N4O4. The molecule has 1 aliphatic heterocycles. The summed E-state index contributed by atoms with van der Waals surface area (Å²) in [6, 6.07) is 11.0. The SMILES string of the molecule is CNC(=O)c1ccc(-c2nc3c([nH]2)C[C@@H](c2ccccc2OC)CNC3=O)o1. The van der Waals surface area contributed by atoms with Crippen molar-refractivity contribution in [2.45, 2.75) is 12.3 Å². The minimum Gasteiger partial charge on any atom is -0.496 e. The number of para-hydroxylation sites is 1. The van der Waals surface area contributed by atoms with Crippen molar-refractivity contribution < 1.29 is 18.7 Å². The number of methoxy groups -OCH3 is 1. The number of aromatic amines is 1. The van der Waals surface area contributed by atoms with Crippen LogP contribution in [-0.4, -0.2) is 42.5 Å². The molecule has 2 amide bonds. The number of furan rings is 1. The zero-order valence-electron chi connectivity index (χ0n) is 15.5. The average molecular weight is 380 g/mol. The highest BCUT2D eigenvalue weighted by molar-refractivity contribution is 5.95. The van der Waals surface area contributed by atoms with Crippen LogP contribution in [0, 0.1) is 0 Å². The highest BCUT2D eigenvalue weighted by Gasteiger charge is 2.28. The molecule has 0 radical (unpaired) electrons. The molecule has 0 saturated heterocycles. The zero-order chi connectivity index (χ0) is 19.7. The first-order valence-corrected chi connectivity index (χ1v) is 8.93. The van der Waals surface area contributed by atoms with Crippen molar-refractivity contribution in [1.82, 2.24) is 20.6 Å². The maximum atomic E-state index is 12.5. The molecular weight excluding hydrogens is 360 g/mol. The van der Waals surface area contributed by atoms with Crippen LogP contribution < -0.4 is 15.4 Å². The summed E-state index contributed by atoms with van der Waals surface area (Å²) in [6.45, 7) is 0.486. The molecule has 0 unspecified atom stereocenters. The Morgan fingerprint density at radius 1 is 1.29 bits per heavy atom. The monoisotopic (exact) mass is 380 g/mol. The second-order valence-electron chi connectivity index (χ2n) is 6.51. The van der Waals surface area contributed by atoms with E-state index in [-0.39, 0.29) is 23.5 Å². The van der Waals surface area contributed by atoms with E-state index in [1.165, 1.54) is 7.05 Å². The first-order valence-electron chi connectivity index (χ1n) is 8.93. The van der Waals surface area contributed by atoms with E-state index >= 15 is 0 Å². The summed E-state index contributed by atoms with van der Waals surface area (Å²) in [5.41, 5.74) is 2.08. The standard InChI is InChI=1S/C20H20N4O4/c1-21-19(25)16-8-7-15(28-16)18-23-13-9-11(10-22-20(26)17(13)24-18)12-5-3-4-6-14(12)27-2/h3-8,11H,9-10H2,1-2H3,(H,21,25)(H,22,26)(H,23,24)/t11-/m1/s1. The first-order chi connectivity index (χ1) is 13.6. The number of benzene rings is 1. The summed E-state index contributed by atoms with van der Waals surface area (Å²) in [5, 5.41) is 5.43. The van der Waals surface area contributed by atoms with Gasteiger partial charge in [0.2, 0.25) is 0 Å². The van der Waals surface area contributed by atoms with Gasteiger partial charge >= 0.3 is 0 Å². The number of imidazole rings is 1. The summed E-state index contributed by atoms with van der Waals surface area (Å²) in [6.07, 6.45) is 0.588. The van der Waals surface area contributed by atoms with Crippen LogP contribution in [0.2, 0.25) is 0 Å². The fourth-order valence-electron chi connectivity index (χ4n) is 3.41. The van der Waals surface area contributed by atoms with Crippen LogP contribution in [0.15, 0.2) is 40.8 Å². The Morgan fingerprint density at radius 2 is 2.11 bits per heavy atom. The number of aromatic nitrogens is 2. The molecule has 28 heavy (non-hydrogen) atoms. The molecule has 4 rings (SSSR count). The molecule has 144 valence electrons. The van der Waals surface area contributed by atoms with Crippen molar-refractivity contribution in [3.8, 4) is 17.3 Å². The number of amides is 2. The van der Waals surface area contributed by atoms with E-state index in [1.54, 1.807) is 19.2 Å². The van der Waals surface area contributed by atoms with Gasteiger partial charge in [0.05, 0.1) is 7.11 Å². The van der Waals surface area contributed by atoms with E-state index in [0.29, 0.717) is 30.2 Å². The van der Waals surface area contributed by atoms with Crippen LogP contribution in [0.1, 0.15) is 38.2 Å². The van der Waals surface area contributed by atoms with Crippen LogP contribution in [0.5, 0.6) is 5.75 Å². The van der Waals surface area contributed by atoms with Gasteiger partial charge in [0, 0.05) is 25.2 Å². The van der Waals surface area contributed by atoms with Crippen molar-refractivity contribution in [2.24, 2.45) is 0 Å². The number of hydrogen-bond acceptors (Lipinski definition) is 5. The molecule has 3 aromatic rings. The van der Waals surface area contributed by atoms with Gasteiger partial charge in [0.1, 0.15) is 11.4 Å². The maximum absolute atomic E-state index is 12.5. The van der Waals surface area contributed by atoms with E-state index in [2.05, 4.69) is 20.6 Å². The highest BCUT2D eigenvalue weighted by atomic mass is 16.5. The number of rotatable bonds is 4. The Kier molecular flexibility index (Phi) is 4.60. The zero-order valence-corrected chi connectivity index (χ0v) is 15.5. The van der Waals surface area contributed by atoms with Crippen LogP contribution in [-0.2, 0) is 6.42 Å². The van der Waals surface area contributed by atoms with Gasteiger partial charge in [-0.2, -0.15) is 0 Å². The Balaban J connectivity index is 1.67. The first kappa shape index (κ1) is 17.8. The van der Waals surface area contributed by atoms with Gasteiger partial charge in [-0.1, -0.05) is 18.2 Å². The van der Waals surface area contributed by atoms with Crippen molar-refractivity contribution in [1.29, 1.82) is 0 Å². The second kappa shape index (κ2) is 7.22. The summed E-state index contributed by atoms with van der Waals surface area (Å²) in [5.74, 6) is 1.24. The molecule has 1 atom stereocenters. The third-order valence-corrected chi connectivity index (χ3v) is 4.82. The Hall–Kier alpha value is -3.55. The van der Waals surface area contributed by atoms with Gasteiger partial charge in [0.15, 0.2) is 17.3 Å². The third-order valence-electron chi connectivity index (χ3n) is 4.82. The van der Waals surface area contributed by atoms with E-state index in [1.807, 2.05) is 24.3 Å². The van der Waals surface area contributed by atoms with E-state index in [4.69, 9.17) is 9.15 Å². The number of nitrogens with one attached hydrogen (secondary N) is 3. The predicted molar refractivity (Wildman–Crippen MR) is 101 cm³/mol. The van der Waals surface area contributed by atoms with Gasteiger partial charge in [-0.15, -0.1) is 0 Å². The summed E-state index contributed by atoms with van der Waals surface area (Å²) in [7, 11) is 3.16. The number of ether oxygens (including phenoxy) is 1. The Labute approximate surface area is 161 Å². The van der Waals surface area contributed by atoms with Crippen molar-refractivity contribution >= 4 is 11.8 Å². The lowest BCUT2D eigenvalue weighted by atomic mass is 9.93. The largest absolute Gasteiger partial charge is 0.496 e. The van der Waals surface area contributed by atoms with E-state index in [9.17, 15) is 9.59 Å². The molecule has 0 bridgehead atoms. The number of hydrogen-bond donors (Lipinski definition) is 3. The lowest BCUT2D eigenvalue weighted by molar-refractivity contribution is 0.0932. The van der Waals surface area contributed by atoms with Crippen molar-refractivity contribution in [2.75, 3.05) is 20.7 Å². The molecule has 3 heterocycles. The second-order valence-corrected chi connectivity index (χ2v) is 6.51. The average Bonchev–Trinajstić information content (AvgIpc) is 3.34. The van der Waals surface area contributed by atoms with Gasteiger partial charge < -0.3 is 24.8 Å². The molecule has 3 N–H and O–H groups in total. The quantitative estimate of drug-likeness (QED) is 0.642. The number of fused-ring (bicyclic) bond motifs is 1. The van der Waals surface area contributed by atoms with Gasteiger partial charge in [-0.25, -0.2) is 4.98 Å². The molecule has 0 saturated carbocycles. The topological polar surface area (TPSA) is 109 Å². The van der Waals surface area contributed by atoms with Gasteiger partial charge in [-0.3, -0.25) is 9.59 Å². The van der Waals surface area contributed by atoms with E-state index < -0.39 is 0 Å². The van der Waals surface area contributed by atoms with Gasteiger partial charge in [-0.05, 0) is 30.2 Å². The molecule has 0 aliphatic carbocycles. The molecule has 0 fully saturated rings. The highest BCUT2D eigenvalue weighted by Crippen LogP contribution is 2.32. The maximum Gasteiger partial charge on any atom is 0.286 e. The van der Waals surface area contributed by atoms with Crippen molar-refractivity contribution in [3.63, 3.8) is 0 Å². The van der Waals surface area contributed by atoms with Crippen LogP contribution in [0.3, 0.4) is 0 Å². The molecule has 2 aromatic heterocycles. The summed E-state index contributed by atoms with van der Waals surface area (Å²) >= 11 is 0. The molecule has 0 spiro atoms. The Bertz CT molecular complexity index is 1040. The number of H-pyrrole nitrogens is 1. The third kappa shape index (κ3) is 3.13. The number of carbonyl (C=O) groups excluding carboxylic acids is 2. The van der Waals surface area contributed by atoms with Crippen LogP contribution in [0.4, 0.5) is 0 Å². The molecule has 8 heteroatoms. The minimum atomic E-state index is -0.326. The predicted octanol–water partition coefficient (Wildman–Crippen LogP) is 2.11. The fourth-order valence-corrected chi connectivity index (χ4v) is 3.41. The molecule has 8 nitrogen and oxygen atoms in total. The van der Waals surface area contributed by atoms with Crippen LogP contribution >= 0.6 is 0 Å². The lowest BCUT2D eigenvalue weighted by Crippen LogP contribution is -2.26. The van der Waals surface area contributed by atoms with Crippen molar-refractivity contribution in [3.05, 3.63) is 59.1 Å². The van der Waals surface area contributed by atoms with E-state index in [0.717, 1.165) is 17.0 Å². The van der Waals surface area contributed by atoms with Crippen LogP contribution in [0.25, 0.3) is 11.6 Å². The minimum absolute atomic E-state index is 0.0349.